The third-order valence-corrected chi connectivity index (χ3v) is 2.84. The smallest absolute Gasteiger partial charge is 0.298 e. The van der Waals surface area contributed by atoms with Crippen LogP contribution < -0.4 is 10.6 Å². The minimum absolute atomic E-state index is 0.696. The van der Waals surface area contributed by atoms with E-state index in [0.29, 0.717) is 11.7 Å². The normalized spacial score (nSPS) is 10.9. The molecule has 0 aliphatic carbocycles. The first kappa shape index (κ1) is 11.8. The van der Waals surface area contributed by atoms with Gasteiger partial charge in [-0.3, -0.25) is 0 Å². The summed E-state index contributed by atoms with van der Waals surface area (Å²) in [5, 5.41) is 0. The lowest BCUT2D eigenvalue weighted by molar-refractivity contribution is 0.563. The van der Waals surface area contributed by atoms with Gasteiger partial charge in [0.15, 0.2) is 5.58 Å². The quantitative estimate of drug-likeness (QED) is 0.806. The van der Waals surface area contributed by atoms with Crippen molar-refractivity contribution in [2.75, 3.05) is 23.7 Å². The van der Waals surface area contributed by atoms with E-state index in [2.05, 4.69) is 23.7 Å². The maximum atomic E-state index is 5.73. The molecule has 0 aliphatic heterocycles. The van der Waals surface area contributed by atoms with Crippen molar-refractivity contribution in [2.45, 2.75) is 26.7 Å². The van der Waals surface area contributed by atoms with Crippen LogP contribution in [-0.2, 0) is 0 Å². The number of hydrogen-bond donors (Lipinski definition) is 1. The van der Waals surface area contributed by atoms with E-state index in [-0.39, 0.29) is 0 Å². The van der Waals surface area contributed by atoms with Gasteiger partial charge in [-0.15, -0.1) is 0 Å². The zero-order valence-corrected chi connectivity index (χ0v) is 10.4. The van der Waals surface area contributed by atoms with Gasteiger partial charge in [0, 0.05) is 24.8 Å². The van der Waals surface area contributed by atoms with Gasteiger partial charge in [0.05, 0.1) is 0 Å². The Morgan fingerprint density at radius 2 is 2.18 bits per heavy atom. The number of aromatic nitrogens is 1. The number of nitrogens with zero attached hydrogens (tertiary/aromatic N) is 2. The van der Waals surface area contributed by atoms with Crippen LogP contribution in [0.15, 0.2) is 22.6 Å². The van der Waals surface area contributed by atoms with Gasteiger partial charge < -0.3 is 15.1 Å². The van der Waals surface area contributed by atoms with E-state index >= 15 is 0 Å². The summed E-state index contributed by atoms with van der Waals surface area (Å²) in [6, 6.07) is 6.25. The van der Waals surface area contributed by atoms with Gasteiger partial charge in [0.1, 0.15) is 5.52 Å². The Hall–Kier alpha value is -1.71. The molecule has 0 aliphatic rings. The number of fused-ring (bicyclic) bond motifs is 1. The molecule has 2 rings (SSSR count). The fraction of sp³-hybridized carbons (Fsp3) is 0.462. The van der Waals surface area contributed by atoms with Crippen molar-refractivity contribution in [1.29, 1.82) is 0 Å². The molecule has 1 aromatic carbocycles. The third-order valence-electron chi connectivity index (χ3n) is 2.84. The molecular weight excluding hydrogens is 214 g/mol. The highest BCUT2D eigenvalue weighted by molar-refractivity contribution is 5.78. The molecule has 0 radical (unpaired) electrons. The highest BCUT2D eigenvalue weighted by Crippen LogP contribution is 2.23. The lowest BCUT2D eigenvalue weighted by atomic mass is 10.3. The van der Waals surface area contributed by atoms with Crippen LogP contribution >= 0.6 is 0 Å². The molecule has 2 aromatic rings. The van der Waals surface area contributed by atoms with Crippen LogP contribution in [0.25, 0.3) is 11.1 Å². The van der Waals surface area contributed by atoms with Crippen molar-refractivity contribution in [3.63, 3.8) is 0 Å². The number of anilines is 2. The van der Waals surface area contributed by atoms with Crippen LogP contribution in [0.5, 0.6) is 0 Å². The van der Waals surface area contributed by atoms with Crippen LogP contribution in [-0.4, -0.2) is 18.1 Å². The van der Waals surface area contributed by atoms with Gasteiger partial charge in [-0.05, 0) is 25.5 Å². The van der Waals surface area contributed by atoms with E-state index < -0.39 is 0 Å². The lowest BCUT2D eigenvalue weighted by Gasteiger charge is -2.17. The van der Waals surface area contributed by atoms with E-state index in [0.717, 1.165) is 30.6 Å². The van der Waals surface area contributed by atoms with E-state index in [4.69, 9.17) is 10.2 Å². The first-order valence-electron chi connectivity index (χ1n) is 6.15. The number of nitrogens with two attached hydrogens (primary N) is 1. The zero-order chi connectivity index (χ0) is 12.3. The van der Waals surface area contributed by atoms with Crippen molar-refractivity contribution < 1.29 is 4.42 Å². The second kappa shape index (κ2) is 5.08. The van der Waals surface area contributed by atoms with Crippen LogP contribution in [0.2, 0.25) is 0 Å². The molecule has 0 saturated carbocycles. The van der Waals surface area contributed by atoms with E-state index in [1.54, 1.807) is 0 Å². The van der Waals surface area contributed by atoms with Crippen molar-refractivity contribution in [2.24, 2.45) is 0 Å². The Balaban J connectivity index is 2.27. The summed E-state index contributed by atoms with van der Waals surface area (Å²) in [7, 11) is 0. The minimum atomic E-state index is 0.696. The van der Waals surface area contributed by atoms with Crippen molar-refractivity contribution >= 4 is 22.8 Å². The van der Waals surface area contributed by atoms with E-state index in [9.17, 15) is 0 Å². The predicted molar refractivity (Wildman–Crippen MR) is 71.2 cm³/mol. The number of oxazole rings is 1. The second-order valence-corrected chi connectivity index (χ2v) is 4.16. The molecule has 0 amide bonds. The molecule has 0 unspecified atom stereocenters. The Bertz CT molecular complexity index is 492. The molecule has 1 heterocycles. The number of benzene rings is 1. The summed E-state index contributed by atoms with van der Waals surface area (Å²) in [5.41, 5.74) is 8.05. The highest BCUT2D eigenvalue weighted by atomic mass is 16.4. The first-order chi connectivity index (χ1) is 8.24. The molecule has 1 aromatic heterocycles. The van der Waals surface area contributed by atoms with Gasteiger partial charge in [-0.2, -0.15) is 4.98 Å². The molecule has 0 fully saturated rings. The number of nitrogen functional groups attached to an aromatic ring is 1. The highest BCUT2D eigenvalue weighted by Gasteiger charge is 2.11. The molecule has 92 valence electrons. The van der Waals surface area contributed by atoms with E-state index in [1.807, 2.05) is 18.2 Å². The lowest BCUT2D eigenvalue weighted by Crippen LogP contribution is -2.23. The first-order valence-corrected chi connectivity index (χ1v) is 6.15. The minimum Gasteiger partial charge on any atom is -0.423 e. The Morgan fingerprint density at radius 1 is 1.35 bits per heavy atom. The van der Waals surface area contributed by atoms with Crippen LogP contribution in [0, 0.1) is 0 Å². The van der Waals surface area contributed by atoms with Crippen LogP contribution in [0.1, 0.15) is 26.7 Å². The topological polar surface area (TPSA) is 55.3 Å². The standard InChI is InChI=1S/C13H19N3O/c1-3-5-8-16(4-2)13-15-11-7-6-10(14)9-12(11)17-13/h6-7,9H,3-5,8,14H2,1-2H3. The van der Waals surface area contributed by atoms with Gasteiger partial charge >= 0.3 is 0 Å². The summed E-state index contributed by atoms with van der Waals surface area (Å²) in [6.45, 7) is 6.18. The molecule has 0 saturated heterocycles. The van der Waals surface area contributed by atoms with Crippen LogP contribution in [0.3, 0.4) is 0 Å². The van der Waals surface area contributed by atoms with Gasteiger partial charge in [0.2, 0.25) is 0 Å². The Labute approximate surface area is 101 Å². The molecule has 4 heteroatoms. The van der Waals surface area contributed by atoms with Crippen molar-refractivity contribution in [3.8, 4) is 0 Å². The molecule has 4 nitrogen and oxygen atoms in total. The number of hydrogen-bond acceptors (Lipinski definition) is 4. The van der Waals surface area contributed by atoms with Gasteiger partial charge in [0.25, 0.3) is 6.01 Å². The largest absolute Gasteiger partial charge is 0.423 e. The SMILES string of the molecule is CCCCN(CC)c1nc2ccc(N)cc2o1. The zero-order valence-electron chi connectivity index (χ0n) is 10.4. The van der Waals surface area contributed by atoms with Crippen LogP contribution in [0.4, 0.5) is 11.7 Å². The summed E-state index contributed by atoms with van der Waals surface area (Å²) >= 11 is 0. The number of rotatable bonds is 5. The Morgan fingerprint density at radius 3 is 2.88 bits per heavy atom. The fourth-order valence-corrected chi connectivity index (χ4v) is 1.80. The average molecular weight is 233 g/mol. The summed E-state index contributed by atoms with van der Waals surface area (Å²) in [5.74, 6) is 0. The van der Waals surface area contributed by atoms with Gasteiger partial charge in [-0.25, -0.2) is 0 Å². The average Bonchev–Trinajstić information content (AvgIpc) is 2.72. The fourth-order valence-electron chi connectivity index (χ4n) is 1.80. The van der Waals surface area contributed by atoms with Gasteiger partial charge in [-0.1, -0.05) is 13.3 Å². The molecule has 0 spiro atoms. The predicted octanol–water partition coefficient (Wildman–Crippen LogP) is 3.04. The second-order valence-electron chi connectivity index (χ2n) is 4.16. The summed E-state index contributed by atoms with van der Waals surface area (Å²) in [4.78, 5) is 6.63. The Kier molecular flexibility index (Phi) is 3.52. The van der Waals surface area contributed by atoms with E-state index in [1.165, 1.54) is 6.42 Å². The summed E-state index contributed by atoms with van der Waals surface area (Å²) in [6.07, 6.45) is 2.32. The number of unbranched alkanes of at least 4 members (excludes halogenated alkanes) is 1. The van der Waals surface area contributed by atoms with Crippen molar-refractivity contribution in [1.82, 2.24) is 4.98 Å². The monoisotopic (exact) mass is 233 g/mol. The molecular formula is C13H19N3O. The molecule has 0 bridgehead atoms. The molecule has 17 heavy (non-hydrogen) atoms. The summed E-state index contributed by atoms with van der Waals surface area (Å²) < 4.78 is 5.73. The third kappa shape index (κ3) is 2.52. The van der Waals surface area contributed by atoms with Crippen molar-refractivity contribution in [3.05, 3.63) is 18.2 Å². The maximum absolute atomic E-state index is 5.73. The maximum Gasteiger partial charge on any atom is 0.298 e. The molecule has 2 N–H and O–H groups in total. The molecule has 0 atom stereocenters.